The van der Waals surface area contributed by atoms with Gasteiger partial charge < -0.3 is 9.84 Å². The van der Waals surface area contributed by atoms with Gasteiger partial charge in [0.25, 0.3) is 0 Å². The van der Waals surface area contributed by atoms with Crippen molar-refractivity contribution >= 4 is 15.9 Å². The Kier molecular flexibility index (Phi) is 4.60. The number of rotatable bonds is 2. The van der Waals surface area contributed by atoms with E-state index in [1.165, 1.54) is 32.1 Å². The minimum absolute atomic E-state index is 0.143. The van der Waals surface area contributed by atoms with Crippen molar-refractivity contribution in [3.8, 4) is 5.75 Å². The molecule has 1 aliphatic carbocycles. The molecule has 1 saturated carbocycles. The van der Waals surface area contributed by atoms with Gasteiger partial charge in [-0.2, -0.15) is 0 Å². The zero-order valence-corrected chi connectivity index (χ0v) is 14.4. The molecule has 2 unspecified atom stereocenters. The fourth-order valence-electron chi connectivity index (χ4n) is 4.06. The lowest BCUT2D eigenvalue weighted by Gasteiger charge is -2.40. The molecule has 21 heavy (non-hydrogen) atoms. The van der Waals surface area contributed by atoms with Crippen LogP contribution in [0.15, 0.2) is 22.7 Å². The summed E-state index contributed by atoms with van der Waals surface area (Å²) in [5.74, 6) is 1.72. The quantitative estimate of drug-likeness (QED) is 0.773. The Morgan fingerprint density at radius 1 is 1.33 bits per heavy atom. The zero-order valence-electron chi connectivity index (χ0n) is 12.8. The average Bonchev–Trinajstić information content (AvgIpc) is 2.62. The van der Waals surface area contributed by atoms with E-state index in [0.29, 0.717) is 0 Å². The van der Waals surface area contributed by atoms with Crippen LogP contribution in [0.1, 0.15) is 70.0 Å². The molecule has 1 spiro atoms. The number of aliphatic hydroxyl groups is 1. The molecular formula is C18H25BrO2. The van der Waals surface area contributed by atoms with E-state index >= 15 is 0 Å². The van der Waals surface area contributed by atoms with Gasteiger partial charge in [0, 0.05) is 16.5 Å². The van der Waals surface area contributed by atoms with Gasteiger partial charge in [-0.3, -0.25) is 0 Å². The van der Waals surface area contributed by atoms with Crippen LogP contribution in [-0.4, -0.2) is 10.7 Å². The smallest absolute Gasteiger partial charge is 0.127 e. The molecule has 1 aromatic rings. The summed E-state index contributed by atoms with van der Waals surface area (Å²) < 4.78 is 7.44. The van der Waals surface area contributed by atoms with Gasteiger partial charge in [-0.1, -0.05) is 48.2 Å². The van der Waals surface area contributed by atoms with Crippen LogP contribution in [0.4, 0.5) is 0 Å². The van der Waals surface area contributed by atoms with Crippen molar-refractivity contribution in [1.29, 1.82) is 0 Å². The van der Waals surface area contributed by atoms with Crippen LogP contribution in [0.5, 0.6) is 5.75 Å². The van der Waals surface area contributed by atoms with Gasteiger partial charge in [0.15, 0.2) is 0 Å². The number of benzene rings is 1. The Labute approximate surface area is 136 Å². The second-order valence-corrected chi connectivity index (χ2v) is 7.69. The molecule has 0 bridgehead atoms. The predicted molar refractivity (Wildman–Crippen MR) is 88.6 cm³/mol. The van der Waals surface area contributed by atoms with Gasteiger partial charge in [-0.25, -0.2) is 0 Å². The van der Waals surface area contributed by atoms with E-state index in [9.17, 15) is 5.11 Å². The highest BCUT2D eigenvalue weighted by molar-refractivity contribution is 9.10. The third kappa shape index (κ3) is 3.29. The highest BCUT2D eigenvalue weighted by atomic mass is 79.9. The fraction of sp³-hybridized carbons (Fsp3) is 0.667. The number of halogens is 1. The average molecular weight is 353 g/mol. The van der Waals surface area contributed by atoms with E-state index < -0.39 is 0 Å². The highest BCUT2D eigenvalue weighted by Gasteiger charge is 2.41. The second kappa shape index (κ2) is 6.29. The zero-order chi connectivity index (χ0) is 14.9. The van der Waals surface area contributed by atoms with Crippen molar-refractivity contribution < 1.29 is 9.84 Å². The summed E-state index contributed by atoms with van der Waals surface area (Å²) in [6.07, 6.45) is 8.92. The minimum atomic E-state index is -0.385. The minimum Gasteiger partial charge on any atom is -0.487 e. The summed E-state index contributed by atoms with van der Waals surface area (Å²) >= 11 is 3.51. The van der Waals surface area contributed by atoms with Gasteiger partial charge in [-0.15, -0.1) is 0 Å². The van der Waals surface area contributed by atoms with E-state index in [0.717, 1.165) is 41.0 Å². The Morgan fingerprint density at radius 2 is 2.19 bits per heavy atom. The topological polar surface area (TPSA) is 29.5 Å². The van der Waals surface area contributed by atoms with Crippen LogP contribution >= 0.6 is 15.9 Å². The van der Waals surface area contributed by atoms with E-state index in [1.54, 1.807) is 0 Å². The lowest BCUT2D eigenvalue weighted by atomic mass is 9.83. The molecule has 2 aliphatic rings. The molecule has 2 nitrogen and oxygen atoms in total. The Bertz CT molecular complexity index is 502. The number of fused-ring (bicyclic) bond motifs is 1. The highest BCUT2D eigenvalue weighted by Crippen LogP contribution is 2.47. The van der Waals surface area contributed by atoms with E-state index in [2.05, 4.69) is 22.9 Å². The first-order valence-corrected chi connectivity index (χ1v) is 9.08. The summed E-state index contributed by atoms with van der Waals surface area (Å²) in [5, 5.41) is 10.5. The summed E-state index contributed by atoms with van der Waals surface area (Å²) in [6.45, 7) is 2.27. The third-order valence-corrected chi connectivity index (χ3v) is 5.67. The molecule has 0 saturated heterocycles. The van der Waals surface area contributed by atoms with Crippen LogP contribution in [0.25, 0.3) is 0 Å². The predicted octanol–water partition coefficient (Wildman–Crippen LogP) is 5.38. The molecule has 3 rings (SSSR count). The largest absolute Gasteiger partial charge is 0.487 e. The Hall–Kier alpha value is -0.540. The SMILES string of the molecule is CCCC1CCCC2(CC1)C[C@H](O)c1ccc(Br)cc1O2. The van der Waals surface area contributed by atoms with E-state index in [1.807, 2.05) is 18.2 Å². The number of ether oxygens (including phenoxy) is 1. The van der Waals surface area contributed by atoms with Crippen molar-refractivity contribution in [2.24, 2.45) is 5.92 Å². The van der Waals surface area contributed by atoms with Crippen LogP contribution in [-0.2, 0) is 0 Å². The molecule has 3 atom stereocenters. The van der Waals surface area contributed by atoms with Gasteiger partial charge >= 0.3 is 0 Å². The molecule has 1 N–H and O–H groups in total. The molecule has 0 radical (unpaired) electrons. The maximum atomic E-state index is 10.5. The first kappa shape index (κ1) is 15.4. The monoisotopic (exact) mass is 352 g/mol. The van der Waals surface area contributed by atoms with Crippen molar-refractivity contribution in [3.63, 3.8) is 0 Å². The van der Waals surface area contributed by atoms with Crippen LogP contribution in [0, 0.1) is 5.92 Å². The maximum absolute atomic E-state index is 10.5. The van der Waals surface area contributed by atoms with Crippen LogP contribution in [0.3, 0.4) is 0 Å². The molecular weight excluding hydrogens is 328 g/mol. The molecule has 1 aliphatic heterocycles. The molecule has 116 valence electrons. The van der Waals surface area contributed by atoms with Crippen molar-refractivity contribution in [3.05, 3.63) is 28.2 Å². The van der Waals surface area contributed by atoms with Gasteiger partial charge in [0.2, 0.25) is 0 Å². The Balaban J connectivity index is 1.80. The molecule has 0 amide bonds. The van der Waals surface area contributed by atoms with Crippen molar-refractivity contribution in [2.45, 2.75) is 70.0 Å². The summed E-state index contributed by atoms with van der Waals surface area (Å²) in [5.41, 5.74) is 0.800. The lowest BCUT2D eigenvalue weighted by molar-refractivity contribution is -0.0251. The van der Waals surface area contributed by atoms with E-state index in [4.69, 9.17) is 4.74 Å². The second-order valence-electron chi connectivity index (χ2n) is 6.77. The number of aliphatic hydroxyl groups excluding tert-OH is 1. The first-order valence-electron chi connectivity index (χ1n) is 8.28. The first-order chi connectivity index (χ1) is 10.1. The molecule has 1 fully saturated rings. The molecule has 0 aromatic heterocycles. The summed E-state index contributed by atoms with van der Waals surface area (Å²) in [4.78, 5) is 0. The van der Waals surface area contributed by atoms with E-state index in [-0.39, 0.29) is 11.7 Å². The molecule has 3 heteroatoms. The van der Waals surface area contributed by atoms with Gasteiger partial charge in [-0.05, 0) is 43.7 Å². The lowest BCUT2D eigenvalue weighted by Crippen LogP contribution is -2.40. The summed E-state index contributed by atoms with van der Waals surface area (Å²) in [6, 6.07) is 5.97. The van der Waals surface area contributed by atoms with Gasteiger partial charge in [0.05, 0.1) is 6.10 Å². The molecule has 1 aromatic carbocycles. The standard InChI is InChI=1S/C18H25BrO2/c1-2-4-13-5-3-9-18(10-8-13)12-16(20)15-7-6-14(19)11-17(15)21-18/h6-7,11,13,16,20H,2-5,8-10,12H2,1H3/t13?,16-,18?/m0/s1. The van der Waals surface area contributed by atoms with Crippen molar-refractivity contribution in [2.75, 3.05) is 0 Å². The number of hydrogen-bond acceptors (Lipinski definition) is 2. The van der Waals surface area contributed by atoms with Gasteiger partial charge in [0.1, 0.15) is 11.4 Å². The normalized spacial score (nSPS) is 32.3. The fourth-order valence-corrected chi connectivity index (χ4v) is 4.40. The summed E-state index contributed by atoms with van der Waals surface area (Å²) in [7, 11) is 0. The maximum Gasteiger partial charge on any atom is 0.127 e. The van der Waals surface area contributed by atoms with Crippen LogP contribution < -0.4 is 4.74 Å². The molecule has 1 heterocycles. The number of hydrogen-bond donors (Lipinski definition) is 1. The van der Waals surface area contributed by atoms with Crippen molar-refractivity contribution in [1.82, 2.24) is 0 Å². The Morgan fingerprint density at radius 3 is 3.00 bits per heavy atom. The third-order valence-electron chi connectivity index (χ3n) is 5.18. The van der Waals surface area contributed by atoms with Crippen LogP contribution in [0.2, 0.25) is 0 Å².